The second-order valence-corrected chi connectivity index (χ2v) is 6.70. The Morgan fingerprint density at radius 1 is 1.37 bits per heavy atom. The first-order valence-electron chi connectivity index (χ1n) is 5.99. The number of hydrogen-bond donors (Lipinski definition) is 2. The average Bonchev–Trinajstić information content (AvgIpc) is 2.37. The van der Waals surface area contributed by atoms with E-state index in [9.17, 15) is 13.5 Å². The van der Waals surface area contributed by atoms with Crippen LogP contribution in [0.15, 0.2) is 24.3 Å². The third-order valence-electron chi connectivity index (χ3n) is 2.63. The van der Waals surface area contributed by atoms with Crippen LogP contribution in [0.5, 0.6) is 0 Å². The number of benzene rings is 1. The van der Waals surface area contributed by atoms with Gasteiger partial charge in [-0.25, -0.2) is 8.42 Å². The summed E-state index contributed by atoms with van der Waals surface area (Å²) in [6, 6.07) is 8.74. The van der Waals surface area contributed by atoms with Gasteiger partial charge in [0, 0.05) is 12.8 Å². The van der Waals surface area contributed by atoms with E-state index < -0.39 is 15.9 Å². The lowest BCUT2D eigenvalue weighted by molar-refractivity contribution is 0.175. The quantitative estimate of drug-likeness (QED) is 0.715. The van der Waals surface area contributed by atoms with Gasteiger partial charge >= 0.3 is 0 Å². The lowest BCUT2D eigenvalue weighted by Gasteiger charge is -2.12. The maximum atomic E-state index is 10.9. The minimum absolute atomic E-state index is 0.146. The first-order valence-corrected chi connectivity index (χ1v) is 8.05. The maximum absolute atomic E-state index is 10.9. The average molecular weight is 282 g/mol. The second-order valence-electron chi connectivity index (χ2n) is 4.44. The van der Waals surface area contributed by atoms with Gasteiger partial charge in [0.05, 0.1) is 23.5 Å². The van der Waals surface area contributed by atoms with Crippen molar-refractivity contribution < 1.29 is 13.5 Å². The fourth-order valence-electron chi connectivity index (χ4n) is 1.60. The molecule has 5 nitrogen and oxygen atoms in total. The molecule has 0 aliphatic rings. The van der Waals surface area contributed by atoms with Gasteiger partial charge in [0.2, 0.25) is 0 Å². The van der Waals surface area contributed by atoms with Crippen molar-refractivity contribution in [3.63, 3.8) is 0 Å². The fourth-order valence-corrected chi connectivity index (χ4v) is 2.26. The molecule has 19 heavy (non-hydrogen) atoms. The van der Waals surface area contributed by atoms with E-state index >= 15 is 0 Å². The summed E-state index contributed by atoms with van der Waals surface area (Å²) in [7, 11) is -2.92. The van der Waals surface area contributed by atoms with Crippen LogP contribution in [-0.4, -0.2) is 38.6 Å². The Bertz CT molecular complexity index is 532. The van der Waals surface area contributed by atoms with Gasteiger partial charge in [0.25, 0.3) is 0 Å². The Labute approximate surface area is 113 Å². The van der Waals surface area contributed by atoms with Gasteiger partial charge < -0.3 is 10.4 Å². The van der Waals surface area contributed by atoms with Crippen LogP contribution in [-0.2, 0) is 9.84 Å². The van der Waals surface area contributed by atoms with E-state index in [1.54, 1.807) is 24.3 Å². The van der Waals surface area contributed by atoms with E-state index in [2.05, 4.69) is 5.32 Å². The van der Waals surface area contributed by atoms with Crippen molar-refractivity contribution in [2.24, 2.45) is 0 Å². The topological polar surface area (TPSA) is 90.2 Å². The zero-order valence-electron chi connectivity index (χ0n) is 10.8. The highest BCUT2D eigenvalue weighted by molar-refractivity contribution is 7.90. The maximum Gasteiger partial charge on any atom is 0.147 e. The van der Waals surface area contributed by atoms with Crippen LogP contribution < -0.4 is 5.32 Å². The molecule has 2 N–H and O–H groups in total. The van der Waals surface area contributed by atoms with Gasteiger partial charge in [-0.05, 0) is 30.7 Å². The van der Waals surface area contributed by atoms with E-state index in [1.807, 2.05) is 6.07 Å². The Hall–Kier alpha value is -1.42. The first kappa shape index (κ1) is 15.6. The Kier molecular flexibility index (Phi) is 5.96. The Balaban J connectivity index is 2.31. The molecular formula is C13H18N2O3S. The molecule has 0 spiro atoms. The van der Waals surface area contributed by atoms with Gasteiger partial charge in [0.1, 0.15) is 9.84 Å². The highest BCUT2D eigenvalue weighted by Gasteiger charge is 2.07. The summed E-state index contributed by atoms with van der Waals surface area (Å²) in [6.07, 6.45) is 1.07. The van der Waals surface area contributed by atoms with Crippen molar-refractivity contribution in [3.05, 3.63) is 35.4 Å². The molecule has 0 bridgehead atoms. The van der Waals surface area contributed by atoms with Crippen molar-refractivity contribution in [3.8, 4) is 6.07 Å². The lowest BCUT2D eigenvalue weighted by atomic mass is 10.1. The highest BCUT2D eigenvalue weighted by atomic mass is 32.2. The molecule has 1 atom stereocenters. The summed E-state index contributed by atoms with van der Waals surface area (Å²) in [5, 5.41) is 21.5. The van der Waals surface area contributed by atoms with Crippen molar-refractivity contribution in [2.45, 2.75) is 12.5 Å². The van der Waals surface area contributed by atoms with E-state index in [-0.39, 0.29) is 5.75 Å². The van der Waals surface area contributed by atoms with Gasteiger partial charge in [-0.15, -0.1) is 0 Å². The molecule has 0 aliphatic carbocycles. The number of rotatable bonds is 7. The molecule has 1 aromatic carbocycles. The first-order chi connectivity index (χ1) is 8.92. The number of nitrogens with one attached hydrogen (secondary N) is 1. The molecule has 1 rings (SSSR count). The van der Waals surface area contributed by atoms with Gasteiger partial charge in [-0.3, -0.25) is 0 Å². The lowest BCUT2D eigenvalue weighted by Crippen LogP contribution is -2.24. The summed E-state index contributed by atoms with van der Waals surface area (Å²) in [6.45, 7) is 0.899. The fraction of sp³-hybridized carbons (Fsp3) is 0.462. The minimum atomic E-state index is -2.92. The normalized spacial score (nSPS) is 12.9. The second kappa shape index (κ2) is 7.24. The molecule has 1 aromatic rings. The number of nitrogens with zero attached hydrogens (tertiary/aromatic N) is 1. The van der Waals surface area contributed by atoms with E-state index in [1.165, 1.54) is 6.26 Å². The van der Waals surface area contributed by atoms with Crippen molar-refractivity contribution in [1.82, 2.24) is 5.32 Å². The number of aliphatic hydroxyl groups is 1. The molecule has 0 fully saturated rings. The minimum Gasteiger partial charge on any atom is -0.387 e. The molecule has 0 aliphatic heterocycles. The van der Waals surface area contributed by atoms with Crippen LogP contribution >= 0.6 is 0 Å². The molecule has 0 saturated carbocycles. The Morgan fingerprint density at radius 3 is 2.53 bits per heavy atom. The molecule has 6 heteroatoms. The molecule has 0 radical (unpaired) electrons. The summed E-state index contributed by atoms with van der Waals surface area (Å²) in [5.74, 6) is 0.146. The molecule has 0 amide bonds. The van der Waals surface area contributed by atoms with Crippen LogP contribution in [0.1, 0.15) is 23.7 Å². The zero-order chi connectivity index (χ0) is 14.3. The van der Waals surface area contributed by atoms with E-state index in [0.29, 0.717) is 25.1 Å². The van der Waals surface area contributed by atoms with Crippen molar-refractivity contribution in [1.29, 1.82) is 5.26 Å². The summed E-state index contributed by atoms with van der Waals surface area (Å²) in [4.78, 5) is 0. The smallest absolute Gasteiger partial charge is 0.147 e. The third-order valence-corrected chi connectivity index (χ3v) is 3.66. The molecule has 1 unspecified atom stereocenters. The third kappa shape index (κ3) is 6.34. The Morgan fingerprint density at radius 2 is 2.00 bits per heavy atom. The van der Waals surface area contributed by atoms with E-state index in [0.717, 1.165) is 5.56 Å². The van der Waals surface area contributed by atoms with Crippen molar-refractivity contribution in [2.75, 3.05) is 25.1 Å². The SMILES string of the molecule is CS(=O)(=O)CCCNCC(O)c1ccc(C#N)cc1. The molecular weight excluding hydrogens is 264 g/mol. The highest BCUT2D eigenvalue weighted by Crippen LogP contribution is 2.12. The summed E-state index contributed by atoms with van der Waals surface area (Å²) in [5.41, 5.74) is 1.28. The number of nitriles is 1. The monoisotopic (exact) mass is 282 g/mol. The summed E-state index contributed by atoms with van der Waals surface area (Å²) < 4.78 is 21.8. The molecule has 0 saturated heterocycles. The van der Waals surface area contributed by atoms with Crippen LogP contribution in [0.4, 0.5) is 0 Å². The van der Waals surface area contributed by atoms with Crippen LogP contribution in [0.3, 0.4) is 0 Å². The van der Waals surface area contributed by atoms with Crippen LogP contribution in [0.2, 0.25) is 0 Å². The number of sulfone groups is 1. The van der Waals surface area contributed by atoms with E-state index in [4.69, 9.17) is 5.26 Å². The summed E-state index contributed by atoms with van der Waals surface area (Å²) >= 11 is 0. The molecule has 0 heterocycles. The standard InChI is InChI=1S/C13H18N2O3S/c1-19(17,18)8-2-7-15-10-13(16)12-5-3-11(9-14)4-6-12/h3-6,13,15-16H,2,7-8,10H2,1H3. The predicted octanol–water partition coefficient (Wildman–Crippen LogP) is 0.616. The zero-order valence-corrected chi connectivity index (χ0v) is 11.7. The number of hydrogen-bond acceptors (Lipinski definition) is 5. The number of aliphatic hydroxyl groups excluding tert-OH is 1. The molecule has 0 aromatic heterocycles. The van der Waals surface area contributed by atoms with Crippen LogP contribution in [0.25, 0.3) is 0 Å². The van der Waals surface area contributed by atoms with Crippen LogP contribution in [0, 0.1) is 11.3 Å². The molecule has 104 valence electrons. The van der Waals surface area contributed by atoms with Gasteiger partial charge in [-0.2, -0.15) is 5.26 Å². The van der Waals surface area contributed by atoms with Crippen molar-refractivity contribution >= 4 is 9.84 Å². The predicted molar refractivity (Wildman–Crippen MR) is 73.3 cm³/mol. The van der Waals surface area contributed by atoms with Gasteiger partial charge in [-0.1, -0.05) is 12.1 Å². The largest absolute Gasteiger partial charge is 0.387 e. The van der Waals surface area contributed by atoms with Gasteiger partial charge in [0.15, 0.2) is 0 Å².